The molecular weight excluding hydrogens is 773 g/mol. The van der Waals surface area contributed by atoms with Crippen LogP contribution < -0.4 is 30.7 Å². The van der Waals surface area contributed by atoms with E-state index in [1.54, 1.807) is 24.3 Å². The molecule has 14 nitrogen and oxygen atoms in total. The van der Waals surface area contributed by atoms with E-state index in [-0.39, 0.29) is 45.1 Å². The fraction of sp³-hybridized carbons (Fsp3) is 0.211. The smallest absolute Gasteiger partial charge is 0.314 e. The van der Waals surface area contributed by atoms with E-state index in [1.165, 1.54) is 49.1 Å². The summed E-state index contributed by atoms with van der Waals surface area (Å²) in [4.78, 5) is 44.9. The SMILES string of the molecule is O=C(Nc1cc2c(Nc3ccc(F)c(Cl)c3)ncnc2cc1O[C@H]1CCOC1)C(=O)Nc1cc2c(Nc3ccc(F)c(Cl)c3)ncnc2cc1O[C@H]1CCOC1. The molecule has 0 spiro atoms. The second-order valence-electron chi connectivity index (χ2n) is 12.8. The van der Waals surface area contributed by atoms with Gasteiger partial charge in [0.25, 0.3) is 0 Å². The zero-order chi connectivity index (χ0) is 38.8. The fourth-order valence-corrected chi connectivity index (χ4v) is 6.47. The first-order valence-electron chi connectivity index (χ1n) is 17.3. The highest BCUT2D eigenvalue weighted by Crippen LogP contribution is 2.37. The second-order valence-corrected chi connectivity index (χ2v) is 13.6. The molecule has 2 atom stereocenters. The van der Waals surface area contributed by atoms with E-state index >= 15 is 0 Å². The number of fused-ring (bicyclic) bond motifs is 2. The molecule has 18 heteroatoms. The van der Waals surface area contributed by atoms with Crippen LogP contribution in [0, 0.1) is 11.6 Å². The first kappa shape index (κ1) is 37.0. The van der Waals surface area contributed by atoms with Gasteiger partial charge in [-0.05, 0) is 48.5 Å². The Morgan fingerprint density at radius 2 is 1.09 bits per heavy atom. The van der Waals surface area contributed by atoms with Crippen LogP contribution in [0.1, 0.15) is 12.8 Å². The topological polar surface area (TPSA) is 171 Å². The molecule has 2 saturated heterocycles. The third kappa shape index (κ3) is 8.18. The molecule has 286 valence electrons. The number of ether oxygens (including phenoxy) is 4. The quantitative estimate of drug-likeness (QED) is 0.100. The molecule has 4 heterocycles. The van der Waals surface area contributed by atoms with Crippen LogP contribution in [0.25, 0.3) is 21.8 Å². The van der Waals surface area contributed by atoms with Gasteiger partial charge in [0.05, 0.1) is 58.9 Å². The summed E-state index contributed by atoms with van der Waals surface area (Å²) >= 11 is 12.0. The molecule has 8 rings (SSSR count). The second kappa shape index (κ2) is 16.0. The summed E-state index contributed by atoms with van der Waals surface area (Å²) in [6, 6.07) is 14.6. The molecular formula is C38H30Cl2F2N8O6. The van der Waals surface area contributed by atoms with Crippen LogP contribution in [0.4, 0.5) is 43.2 Å². The Labute approximate surface area is 326 Å². The van der Waals surface area contributed by atoms with E-state index in [0.717, 1.165) is 0 Å². The van der Waals surface area contributed by atoms with Gasteiger partial charge in [-0.2, -0.15) is 0 Å². The summed E-state index contributed by atoms with van der Waals surface area (Å²) in [6.07, 6.45) is 3.27. The average molecular weight is 804 g/mol. The predicted molar refractivity (Wildman–Crippen MR) is 205 cm³/mol. The van der Waals surface area contributed by atoms with Gasteiger partial charge in [0.1, 0.15) is 59.6 Å². The van der Waals surface area contributed by atoms with Crippen molar-refractivity contribution in [3.05, 3.63) is 95.0 Å². The molecule has 0 aliphatic carbocycles. The van der Waals surface area contributed by atoms with Crippen molar-refractivity contribution in [2.45, 2.75) is 25.0 Å². The molecule has 2 amide bonds. The number of rotatable bonds is 10. The molecule has 6 aromatic rings. The number of hydrogen-bond donors (Lipinski definition) is 4. The number of carbonyl (C=O) groups excluding carboxylic acids is 2. The van der Waals surface area contributed by atoms with Crippen LogP contribution in [0.15, 0.2) is 73.3 Å². The monoisotopic (exact) mass is 802 g/mol. The third-order valence-electron chi connectivity index (χ3n) is 8.90. The molecule has 2 aliphatic heterocycles. The predicted octanol–water partition coefficient (Wildman–Crippen LogP) is 7.56. The molecule has 0 bridgehead atoms. The lowest BCUT2D eigenvalue weighted by Gasteiger charge is -2.19. The molecule has 2 fully saturated rings. The Hall–Kier alpha value is -5.94. The average Bonchev–Trinajstić information content (AvgIpc) is 3.90. The summed E-state index contributed by atoms with van der Waals surface area (Å²) in [5, 5.41) is 12.3. The Balaban J connectivity index is 1.11. The van der Waals surface area contributed by atoms with Crippen molar-refractivity contribution in [3.63, 3.8) is 0 Å². The first-order valence-corrected chi connectivity index (χ1v) is 18.1. The van der Waals surface area contributed by atoms with Crippen molar-refractivity contribution < 1.29 is 37.3 Å². The lowest BCUT2D eigenvalue weighted by atomic mass is 10.1. The standard InChI is InChI=1S/C38H30Cl2F2N8O6/c39-25-9-19(1-3-27(25)41)47-35-23-11-31(33(13-29(23)43-17-45-35)55-21-5-7-53-15-21)49-37(51)38(52)50-32-12-24-30(14-34(32)56-22-6-8-54-16-22)44-18-46-36(24)48-20-2-4-28(42)26(40)10-20/h1-4,9-14,17-18,21-22H,5-8,15-16H2,(H,49,51)(H,50,52)(H,43,45,47)(H,44,46,48)/t21-,22-/m0/s1. The van der Waals surface area contributed by atoms with Crippen LogP contribution in [-0.2, 0) is 19.1 Å². The van der Waals surface area contributed by atoms with Crippen LogP contribution in [-0.4, -0.2) is 70.4 Å². The highest BCUT2D eigenvalue weighted by atomic mass is 35.5. The number of nitrogens with zero attached hydrogens (tertiary/aromatic N) is 4. The maximum Gasteiger partial charge on any atom is 0.314 e. The Kier molecular flexibility index (Phi) is 10.6. The van der Waals surface area contributed by atoms with Crippen LogP contribution in [0.5, 0.6) is 11.5 Å². The number of carbonyl (C=O) groups is 2. The number of amides is 2. The van der Waals surface area contributed by atoms with Gasteiger partial charge in [-0.1, -0.05) is 23.2 Å². The van der Waals surface area contributed by atoms with E-state index in [2.05, 4.69) is 41.2 Å². The normalized spacial score (nSPS) is 16.5. The highest BCUT2D eigenvalue weighted by Gasteiger charge is 2.25. The number of anilines is 6. The molecule has 4 N–H and O–H groups in total. The molecule has 4 aromatic carbocycles. The van der Waals surface area contributed by atoms with Crippen LogP contribution in [0.2, 0.25) is 10.0 Å². The van der Waals surface area contributed by atoms with Crippen LogP contribution in [0.3, 0.4) is 0 Å². The molecule has 2 aliphatic rings. The van der Waals surface area contributed by atoms with Crippen molar-refractivity contribution in [2.24, 2.45) is 0 Å². The molecule has 0 saturated carbocycles. The van der Waals surface area contributed by atoms with Crippen molar-refractivity contribution in [1.82, 2.24) is 19.9 Å². The van der Waals surface area contributed by atoms with E-state index in [4.69, 9.17) is 42.1 Å². The molecule has 2 aromatic heterocycles. The maximum atomic E-state index is 13.9. The summed E-state index contributed by atoms with van der Waals surface area (Å²) < 4.78 is 51.1. The third-order valence-corrected chi connectivity index (χ3v) is 9.48. The largest absolute Gasteiger partial charge is 0.486 e. The van der Waals surface area contributed by atoms with Gasteiger partial charge in [-0.3, -0.25) is 9.59 Å². The Bertz CT molecular complexity index is 2320. The van der Waals surface area contributed by atoms with Crippen LogP contribution >= 0.6 is 23.2 Å². The summed E-state index contributed by atoms with van der Waals surface area (Å²) in [7, 11) is 0. The number of aromatic nitrogens is 4. The highest BCUT2D eigenvalue weighted by molar-refractivity contribution is 6.44. The lowest BCUT2D eigenvalue weighted by molar-refractivity contribution is -0.133. The number of nitrogens with one attached hydrogen (secondary N) is 4. The van der Waals surface area contributed by atoms with E-state index in [1.807, 2.05) is 0 Å². The summed E-state index contributed by atoms with van der Waals surface area (Å²) in [5.41, 5.74) is 2.11. The zero-order valence-corrected chi connectivity index (χ0v) is 30.6. The van der Waals surface area contributed by atoms with Crippen molar-refractivity contribution in [2.75, 3.05) is 47.7 Å². The van der Waals surface area contributed by atoms with E-state index < -0.39 is 23.4 Å². The minimum atomic E-state index is -1.03. The minimum absolute atomic E-state index is 0.0869. The van der Waals surface area contributed by atoms with Gasteiger partial charge in [-0.25, -0.2) is 28.7 Å². The molecule has 56 heavy (non-hydrogen) atoms. The molecule has 0 radical (unpaired) electrons. The molecule has 0 unspecified atom stereocenters. The van der Waals surface area contributed by atoms with Gasteiger partial charge in [0, 0.05) is 47.1 Å². The summed E-state index contributed by atoms with van der Waals surface area (Å²) in [5.74, 6) is -2.11. The van der Waals surface area contributed by atoms with Gasteiger partial charge < -0.3 is 40.2 Å². The number of hydrogen-bond acceptors (Lipinski definition) is 12. The van der Waals surface area contributed by atoms with Gasteiger partial charge in [0.15, 0.2) is 0 Å². The van der Waals surface area contributed by atoms with Crippen molar-refractivity contribution in [3.8, 4) is 11.5 Å². The van der Waals surface area contributed by atoms with Crippen molar-refractivity contribution >= 4 is 91.2 Å². The minimum Gasteiger partial charge on any atom is -0.486 e. The fourth-order valence-electron chi connectivity index (χ4n) is 6.11. The van der Waals surface area contributed by atoms with Crippen molar-refractivity contribution in [1.29, 1.82) is 0 Å². The van der Waals surface area contributed by atoms with Gasteiger partial charge >= 0.3 is 11.8 Å². The number of benzene rings is 4. The van der Waals surface area contributed by atoms with E-state index in [9.17, 15) is 18.4 Å². The number of halogens is 4. The first-order chi connectivity index (χ1) is 27.2. The zero-order valence-electron chi connectivity index (χ0n) is 29.1. The van der Waals surface area contributed by atoms with Gasteiger partial charge in [0.2, 0.25) is 0 Å². The lowest BCUT2D eigenvalue weighted by Crippen LogP contribution is -2.30. The van der Waals surface area contributed by atoms with Gasteiger partial charge in [-0.15, -0.1) is 0 Å². The Morgan fingerprint density at radius 3 is 1.48 bits per heavy atom. The summed E-state index contributed by atoms with van der Waals surface area (Å²) in [6.45, 7) is 1.67. The maximum absolute atomic E-state index is 13.9. The van der Waals surface area contributed by atoms with E-state index in [0.29, 0.717) is 84.1 Å². The Morgan fingerprint density at radius 1 is 0.643 bits per heavy atom.